The van der Waals surface area contributed by atoms with Gasteiger partial charge in [-0.3, -0.25) is 0 Å². The van der Waals surface area contributed by atoms with Crippen LogP contribution in [0.1, 0.15) is 12.5 Å². The molecule has 0 saturated carbocycles. The van der Waals surface area contributed by atoms with Crippen LogP contribution in [0, 0.1) is 11.3 Å². The largest absolute Gasteiger partial charge is 0.449 e. The van der Waals surface area contributed by atoms with Gasteiger partial charge in [-0.15, -0.1) is 0 Å². The third-order valence-electron chi connectivity index (χ3n) is 1.83. The van der Waals surface area contributed by atoms with Crippen molar-refractivity contribution < 1.29 is 14.3 Å². The van der Waals surface area contributed by atoms with Crippen LogP contribution in [0.2, 0.25) is 0 Å². The van der Waals surface area contributed by atoms with Crippen molar-refractivity contribution in [3.05, 3.63) is 29.8 Å². The molecule has 1 rings (SSSR count). The fourth-order valence-electron chi connectivity index (χ4n) is 1.07. The molecule has 0 aromatic heterocycles. The number of amides is 3. The number of nitrogens with zero attached hydrogens (tertiary/aromatic N) is 1. The molecule has 3 N–H and O–H groups in total. The summed E-state index contributed by atoms with van der Waals surface area (Å²) in [4.78, 5) is 22.2. The maximum absolute atomic E-state index is 11.3. The molecule has 0 spiro atoms. The summed E-state index contributed by atoms with van der Waals surface area (Å²) in [7, 11) is 0. The molecule has 0 aliphatic heterocycles. The van der Waals surface area contributed by atoms with Gasteiger partial charge in [-0.25, -0.2) is 20.4 Å². The zero-order valence-corrected chi connectivity index (χ0v) is 9.69. The number of carbonyl (C=O) groups is 2. The summed E-state index contributed by atoms with van der Waals surface area (Å²) in [6, 6.07) is 7.61. The zero-order chi connectivity index (χ0) is 13.4. The molecule has 7 nitrogen and oxygen atoms in total. The van der Waals surface area contributed by atoms with Gasteiger partial charge in [0.25, 0.3) is 0 Å². The molecule has 0 radical (unpaired) electrons. The van der Waals surface area contributed by atoms with Gasteiger partial charge in [0.2, 0.25) is 0 Å². The van der Waals surface area contributed by atoms with Gasteiger partial charge in [0.05, 0.1) is 18.2 Å². The Kier molecular flexibility index (Phi) is 4.99. The molecule has 0 saturated heterocycles. The molecular formula is C11H12N4O3. The quantitative estimate of drug-likeness (QED) is 0.687. The number of nitriles is 1. The lowest BCUT2D eigenvalue weighted by molar-refractivity contribution is 0.148. The number of hydrazine groups is 1. The highest BCUT2D eigenvalue weighted by Crippen LogP contribution is 2.07. The van der Waals surface area contributed by atoms with Crippen LogP contribution in [0.3, 0.4) is 0 Å². The van der Waals surface area contributed by atoms with E-state index in [2.05, 4.69) is 20.9 Å². The highest BCUT2D eigenvalue weighted by atomic mass is 16.6. The third-order valence-corrected chi connectivity index (χ3v) is 1.83. The molecule has 0 aliphatic carbocycles. The average molecular weight is 248 g/mol. The second kappa shape index (κ2) is 6.75. The van der Waals surface area contributed by atoms with Gasteiger partial charge >= 0.3 is 12.1 Å². The summed E-state index contributed by atoms with van der Waals surface area (Å²) in [5, 5.41) is 11.1. The summed E-state index contributed by atoms with van der Waals surface area (Å²) >= 11 is 0. The van der Waals surface area contributed by atoms with Gasteiger partial charge in [-0.1, -0.05) is 0 Å². The Morgan fingerprint density at radius 2 is 1.94 bits per heavy atom. The number of carbonyl (C=O) groups excluding carboxylic acids is 2. The van der Waals surface area contributed by atoms with Crippen LogP contribution >= 0.6 is 0 Å². The van der Waals surface area contributed by atoms with Crippen LogP contribution in [-0.4, -0.2) is 18.7 Å². The van der Waals surface area contributed by atoms with Gasteiger partial charge in [0.15, 0.2) is 0 Å². The Labute approximate surface area is 104 Å². The van der Waals surface area contributed by atoms with Crippen LogP contribution in [0.25, 0.3) is 0 Å². The molecule has 3 amide bonds. The average Bonchev–Trinajstić information content (AvgIpc) is 2.38. The maximum atomic E-state index is 11.3. The summed E-state index contributed by atoms with van der Waals surface area (Å²) in [5.74, 6) is 0. The van der Waals surface area contributed by atoms with E-state index in [-0.39, 0.29) is 6.61 Å². The van der Waals surface area contributed by atoms with Gasteiger partial charge in [-0.2, -0.15) is 5.26 Å². The molecule has 7 heteroatoms. The standard InChI is InChI=1S/C11H12N4O3/c1-2-18-11(17)15-14-10(16)13-9-5-3-8(7-12)4-6-9/h3-6H,2H2,1H3,(H,15,17)(H2,13,14,16). The highest BCUT2D eigenvalue weighted by Gasteiger charge is 2.04. The minimum atomic E-state index is -0.743. The first-order valence-electron chi connectivity index (χ1n) is 5.15. The van der Waals surface area contributed by atoms with Crippen molar-refractivity contribution >= 4 is 17.8 Å². The molecule has 0 atom stereocenters. The van der Waals surface area contributed by atoms with Crippen molar-refractivity contribution in [3.8, 4) is 6.07 Å². The number of ether oxygens (including phenoxy) is 1. The van der Waals surface area contributed by atoms with Crippen LogP contribution < -0.4 is 16.2 Å². The van der Waals surface area contributed by atoms with E-state index in [9.17, 15) is 9.59 Å². The van der Waals surface area contributed by atoms with Gasteiger partial charge in [0.1, 0.15) is 0 Å². The predicted octanol–water partition coefficient (Wildman–Crippen LogP) is 1.34. The number of rotatable bonds is 2. The van der Waals surface area contributed by atoms with E-state index in [1.165, 1.54) is 0 Å². The maximum Gasteiger partial charge on any atom is 0.426 e. The summed E-state index contributed by atoms with van der Waals surface area (Å²) in [5.41, 5.74) is 5.14. The molecule has 18 heavy (non-hydrogen) atoms. The molecule has 0 bridgehead atoms. The number of nitrogens with one attached hydrogen (secondary N) is 3. The zero-order valence-electron chi connectivity index (χ0n) is 9.69. The Morgan fingerprint density at radius 1 is 1.28 bits per heavy atom. The second-order valence-corrected chi connectivity index (χ2v) is 3.11. The molecule has 0 heterocycles. The van der Waals surface area contributed by atoms with E-state index < -0.39 is 12.1 Å². The highest BCUT2D eigenvalue weighted by molar-refractivity contribution is 5.90. The summed E-state index contributed by atoms with van der Waals surface area (Å²) < 4.78 is 4.54. The minimum Gasteiger partial charge on any atom is -0.449 e. The summed E-state index contributed by atoms with van der Waals surface area (Å²) in [6.07, 6.45) is -0.743. The van der Waals surface area contributed by atoms with Crippen LogP contribution in [0.4, 0.5) is 15.3 Å². The smallest absolute Gasteiger partial charge is 0.426 e. The third kappa shape index (κ3) is 4.40. The van der Waals surface area contributed by atoms with E-state index >= 15 is 0 Å². The number of hydrogen-bond donors (Lipinski definition) is 3. The predicted molar refractivity (Wildman–Crippen MR) is 63.5 cm³/mol. The van der Waals surface area contributed by atoms with Gasteiger partial charge in [-0.05, 0) is 31.2 Å². The Hall–Kier alpha value is -2.75. The van der Waals surface area contributed by atoms with Crippen molar-refractivity contribution in [1.82, 2.24) is 10.9 Å². The molecule has 0 unspecified atom stereocenters. The van der Waals surface area contributed by atoms with Crippen molar-refractivity contribution in [2.24, 2.45) is 0 Å². The molecule has 0 aliphatic rings. The lowest BCUT2D eigenvalue weighted by Crippen LogP contribution is -2.44. The van der Waals surface area contributed by atoms with E-state index in [1.807, 2.05) is 6.07 Å². The molecule has 1 aromatic rings. The lowest BCUT2D eigenvalue weighted by atomic mass is 10.2. The number of benzene rings is 1. The molecule has 0 fully saturated rings. The minimum absolute atomic E-state index is 0.213. The first-order valence-corrected chi connectivity index (χ1v) is 5.15. The van der Waals surface area contributed by atoms with Crippen LogP contribution in [0.5, 0.6) is 0 Å². The first-order chi connectivity index (χ1) is 8.65. The SMILES string of the molecule is CCOC(=O)NNC(=O)Nc1ccc(C#N)cc1. The van der Waals surface area contributed by atoms with Crippen molar-refractivity contribution in [1.29, 1.82) is 5.26 Å². The van der Waals surface area contributed by atoms with E-state index in [1.54, 1.807) is 31.2 Å². The molecular weight excluding hydrogens is 236 g/mol. The van der Waals surface area contributed by atoms with Crippen molar-refractivity contribution in [2.75, 3.05) is 11.9 Å². The van der Waals surface area contributed by atoms with E-state index in [0.717, 1.165) is 0 Å². The summed E-state index contributed by atoms with van der Waals surface area (Å²) in [6.45, 7) is 1.86. The topological polar surface area (TPSA) is 103 Å². The van der Waals surface area contributed by atoms with Crippen molar-refractivity contribution in [2.45, 2.75) is 6.92 Å². The second-order valence-electron chi connectivity index (χ2n) is 3.11. The first kappa shape index (κ1) is 13.3. The Balaban J connectivity index is 2.40. The molecule has 1 aromatic carbocycles. The monoisotopic (exact) mass is 248 g/mol. The Morgan fingerprint density at radius 3 is 2.50 bits per heavy atom. The van der Waals surface area contributed by atoms with Crippen LogP contribution in [0.15, 0.2) is 24.3 Å². The number of anilines is 1. The van der Waals surface area contributed by atoms with Crippen molar-refractivity contribution in [3.63, 3.8) is 0 Å². The van der Waals surface area contributed by atoms with E-state index in [0.29, 0.717) is 11.3 Å². The fraction of sp³-hybridized carbons (Fsp3) is 0.182. The Bertz CT molecular complexity index is 464. The number of hydrogen-bond acceptors (Lipinski definition) is 4. The fourth-order valence-corrected chi connectivity index (χ4v) is 1.07. The lowest BCUT2D eigenvalue weighted by Gasteiger charge is -2.08. The number of urea groups is 1. The molecule has 94 valence electrons. The van der Waals surface area contributed by atoms with E-state index in [4.69, 9.17) is 5.26 Å². The van der Waals surface area contributed by atoms with Gasteiger partial charge in [0, 0.05) is 5.69 Å². The van der Waals surface area contributed by atoms with Crippen LogP contribution in [-0.2, 0) is 4.74 Å². The van der Waals surface area contributed by atoms with Gasteiger partial charge < -0.3 is 10.1 Å². The normalized spacial score (nSPS) is 8.89.